The number of anilines is 1. The third-order valence-corrected chi connectivity index (χ3v) is 5.09. The maximum Gasteiger partial charge on any atom is 0.225 e. The summed E-state index contributed by atoms with van der Waals surface area (Å²) in [5, 5.41) is 5.18. The summed E-state index contributed by atoms with van der Waals surface area (Å²) in [4.78, 5) is 14.7. The molecule has 27 heavy (non-hydrogen) atoms. The number of fused-ring (bicyclic) bond motifs is 1. The van der Waals surface area contributed by atoms with E-state index in [1.54, 1.807) is 18.2 Å². The van der Waals surface area contributed by atoms with E-state index >= 15 is 0 Å². The van der Waals surface area contributed by atoms with Crippen molar-refractivity contribution in [2.75, 3.05) is 11.9 Å². The zero-order valence-corrected chi connectivity index (χ0v) is 15.2. The molecule has 3 aromatic carbocycles. The second kappa shape index (κ2) is 7.89. The normalized spacial score (nSPS) is 13.9. The number of carbonyl (C=O) groups is 1. The molecule has 1 fully saturated rings. The predicted octanol–water partition coefficient (Wildman–Crippen LogP) is 4.97. The van der Waals surface area contributed by atoms with Crippen molar-refractivity contribution in [1.29, 1.82) is 0 Å². The molecule has 0 bridgehead atoms. The van der Waals surface area contributed by atoms with E-state index in [0.717, 1.165) is 6.54 Å². The van der Waals surface area contributed by atoms with Crippen LogP contribution in [-0.2, 0) is 11.3 Å². The van der Waals surface area contributed by atoms with Gasteiger partial charge in [0.2, 0.25) is 5.91 Å². The Labute approximate surface area is 158 Å². The molecule has 1 saturated carbocycles. The Morgan fingerprint density at radius 2 is 1.74 bits per heavy atom. The van der Waals surface area contributed by atoms with Gasteiger partial charge in [0.25, 0.3) is 0 Å². The lowest BCUT2D eigenvalue weighted by Gasteiger charge is -2.22. The van der Waals surface area contributed by atoms with E-state index in [0.29, 0.717) is 19.0 Å². The van der Waals surface area contributed by atoms with Gasteiger partial charge in [0, 0.05) is 25.6 Å². The third kappa shape index (κ3) is 4.34. The lowest BCUT2D eigenvalue weighted by Crippen LogP contribution is -2.29. The first-order valence-corrected chi connectivity index (χ1v) is 9.46. The molecular formula is C23H23FN2O. The number of carbonyl (C=O) groups excluding carboxylic acids is 1. The summed E-state index contributed by atoms with van der Waals surface area (Å²) < 4.78 is 13.7. The van der Waals surface area contributed by atoms with E-state index in [2.05, 4.69) is 52.7 Å². The van der Waals surface area contributed by atoms with Crippen molar-refractivity contribution in [3.05, 3.63) is 78.1 Å². The van der Waals surface area contributed by atoms with Gasteiger partial charge in [-0.15, -0.1) is 0 Å². The SMILES string of the molecule is O=C(CCN(Cc1cccc2ccccc12)C1CC1)Nc1ccccc1F. The van der Waals surface area contributed by atoms with Crippen LogP contribution in [0.25, 0.3) is 10.8 Å². The molecule has 4 rings (SSSR count). The van der Waals surface area contributed by atoms with Crippen LogP contribution in [0.15, 0.2) is 66.7 Å². The van der Waals surface area contributed by atoms with Gasteiger partial charge < -0.3 is 5.32 Å². The third-order valence-electron chi connectivity index (χ3n) is 5.09. The molecule has 1 aliphatic rings. The smallest absolute Gasteiger partial charge is 0.225 e. The minimum absolute atomic E-state index is 0.149. The number of benzene rings is 3. The Kier molecular flexibility index (Phi) is 5.16. The number of rotatable bonds is 7. The first kappa shape index (κ1) is 17.7. The van der Waals surface area contributed by atoms with Crippen molar-refractivity contribution in [3.63, 3.8) is 0 Å². The monoisotopic (exact) mass is 362 g/mol. The number of nitrogens with one attached hydrogen (secondary N) is 1. The lowest BCUT2D eigenvalue weighted by molar-refractivity contribution is -0.116. The first-order valence-electron chi connectivity index (χ1n) is 9.46. The van der Waals surface area contributed by atoms with Gasteiger partial charge in [-0.3, -0.25) is 9.69 Å². The highest BCUT2D eigenvalue weighted by Crippen LogP contribution is 2.30. The molecule has 1 amide bonds. The van der Waals surface area contributed by atoms with Crippen LogP contribution >= 0.6 is 0 Å². The largest absolute Gasteiger partial charge is 0.324 e. The maximum absolute atomic E-state index is 13.7. The summed E-state index contributed by atoms with van der Waals surface area (Å²) >= 11 is 0. The topological polar surface area (TPSA) is 32.3 Å². The molecule has 3 aromatic rings. The highest BCUT2D eigenvalue weighted by atomic mass is 19.1. The van der Waals surface area contributed by atoms with Gasteiger partial charge >= 0.3 is 0 Å². The Hall–Kier alpha value is -2.72. The first-order chi connectivity index (χ1) is 13.2. The zero-order valence-electron chi connectivity index (χ0n) is 15.2. The maximum atomic E-state index is 13.7. The number of halogens is 1. The molecule has 0 saturated heterocycles. The molecule has 138 valence electrons. The van der Waals surface area contributed by atoms with Gasteiger partial charge in [-0.05, 0) is 41.3 Å². The fraction of sp³-hybridized carbons (Fsp3) is 0.261. The number of nitrogens with zero attached hydrogens (tertiary/aromatic N) is 1. The second-order valence-corrected chi connectivity index (χ2v) is 7.12. The van der Waals surface area contributed by atoms with Crippen LogP contribution in [0.5, 0.6) is 0 Å². The molecule has 0 radical (unpaired) electrons. The molecule has 3 nitrogen and oxygen atoms in total. The average molecular weight is 362 g/mol. The van der Waals surface area contributed by atoms with Crippen LogP contribution in [-0.4, -0.2) is 23.4 Å². The fourth-order valence-corrected chi connectivity index (χ4v) is 3.50. The van der Waals surface area contributed by atoms with Crippen LogP contribution < -0.4 is 5.32 Å². The Bertz CT molecular complexity index is 947. The number of hydrogen-bond donors (Lipinski definition) is 1. The van der Waals surface area contributed by atoms with Crippen LogP contribution in [0.3, 0.4) is 0 Å². The van der Waals surface area contributed by atoms with E-state index in [9.17, 15) is 9.18 Å². The Morgan fingerprint density at radius 1 is 1.00 bits per heavy atom. The standard InChI is InChI=1S/C23H23FN2O/c24-21-10-3-4-11-22(21)25-23(27)14-15-26(19-12-13-19)16-18-8-5-7-17-6-1-2-9-20(17)18/h1-11,19H,12-16H2,(H,25,27). The molecule has 0 unspecified atom stereocenters. The van der Waals surface area contributed by atoms with Gasteiger partial charge in [-0.25, -0.2) is 4.39 Å². The van der Waals surface area contributed by atoms with Crippen molar-refractivity contribution in [2.24, 2.45) is 0 Å². The molecule has 0 heterocycles. The molecule has 1 N–H and O–H groups in total. The summed E-state index contributed by atoms with van der Waals surface area (Å²) in [5.74, 6) is -0.552. The van der Waals surface area contributed by atoms with E-state index in [1.165, 1.54) is 35.2 Å². The molecule has 0 aromatic heterocycles. The van der Waals surface area contributed by atoms with E-state index in [1.807, 2.05) is 0 Å². The minimum atomic E-state index is -0.402. The highest BCUT2D eigenvalue weighted by Gasteiger charge is 2.29. The Morgan fingerprint density at radius 3 is 2.56 bits per heavy atom. The van der Waals surface area contributed by atoms with Gasteiger partial charge in [0.05, 0.1) is 5.69 Å². The van der Waals surface area contributed by atoms with E-state index < -0.39 is 5.82 Å². The van der Waals surface area contributed by atoms with Crippen molar-refractivity contribution < 1.29 is 9.18 Å². The molecule has 4 heteroatoms. The minimum Gasteiger partial charge on any atom is -0.324 e. The lowest BCUT2D eigenvalue weighted by atomic mass is 10.0. The molecular weight excluding hydrogens is 339 g/mol. The summed E-state index contributed by atoms with van der Waals surface area (Å²) in [7, 11) is 0. The summed E-state index contributed by atoms with van der Waals surface area (Å²) in [6.45, 7) is 1.51. The van der Waals surface area contributed by atoms with E-state index in [4.69, 9.17) is 0 Å². The van der Waals surface area contributed by atoms with Crippen molar-refractivity contribution in [2.45, 2.75) is 31.8 Å². The number of hydrogen-bond acceptors (Lipinski definition) is 2. The van der Waals surface area contributed by atoms with Crippen molar-refractivity contribution in [3.8, 4) is 0 Å². The average Bonchev–Trinajstić information content (AvgIpc) is 3.52. The summed E-state index contributed by atoms with van der Waals surface area (Å²) in [6, 6.07) is 21.6. The zero-order chi connectivity index (χ0) is 18.6. The molecule has 0 aliphatic heterocycles. The van der Waals surface area contributed by atoms with Crippen LogP contribution in [0.1, 0.15) is 24.8 Å². The summed E-state index contributed by atoms with van der Waals surface area (Å²) in [5.41, 5.74) is 1.53. The number of amides is 1. The van der Waals surface area contributed by atoms with Gasteiger partial charge in [0.1, 0.15) is 5.82 Å². The highest BCUT2D eigenvalue weighted by molar-refractivity contribution is 5.91. The molecule has 1 aliphatic carbocycles. The Balaban J connectivity index is 1.41. The quantitative estimate of drug-likeness (QED) is 0.643. The van der Waals surface area contributed by atoms with E-state index in [-0.39, 0.29) is 11.6 Å². The second-order valence-electron chi connectivity index (χ2n) is 7.12. The van der Waals surface area contributed by atoms with Crippen molar-refractivity contribution in [1.82, 2.24) is 4.90 Å². The van der Waals surface area contributed by atoms with Crippen LogP contribution in [0, 0.1) is 5.82 Å². The van der Waals surface area contributed by atoms with Crippen LogP contribution in [0.2, 0.25) is 0 Å². The van der Waals surface area contributed by atoms with Gasteiger partial charge in [-0.1, -0.05) is 54.6 Å². The van der Waals surface area contributed by atoms with Crippen molar-refractivity contribution >= 4 is 22.4 Å². The molecule has 0 atom stereocenters. The summed E-state index contributed by atoms with van der Waals surface area (Å²) in [6.07, 6.45) is 2.72. The fourth-order valence-electron chi connectivity index (χ4n) is 3.50. The number of para-hydroxylation sites is 1. The predicted molar refractivity (Wildman–Crippen MR) is 107 cm³/mol. The van der Waals surface area contributed by atoms with Crippen LogP contribution in [0.4, 0.5) is 10.1 Å². The van der Waals surface area contributed by atoms with Gasteiger partial charge in [-0.2, -0.15) is 0 Å². The molecule has 0 spiro atoms. The van der Waals surface area contributed by atoms with Gasteiger partial charge in [0.15, 0.2) is 0 Å².